The molecule has 4 rings (SSSR count). The zero-order chi connectivity index (χ0) is 20.6. The summed E-state index contributed by atoms with van der Waals surface area (Å²) < 4.78 is 28.9. The maximum Gasteiger partial charge on any atom is 0.240 e. The number of carbonyl (C=O) groups excluding carboxylic acids is 1. The number of carbonyl (C=O) groups is 1. The van der Waals surface area contributed by atoms with Crippen LogP contribution in [0.4, 0.5) is 8.78 Å². The summed E-state index contributed by atoms with van der Waals surface area (Å²) in [5.41, 5.74) is 1.81. The highest BCUT2D eigenvalue weighted by Crippen LogP contribution is 2.43. The molecule has 148 valence electrons. The van der Waals surface area contributed by atoms with Crippen molar-refractivity contribution >= 4 is 16.9 Å². The van der Waals surface area contributed by atoms with Crippen molar-refractivity contribution in [2.24, 2.45) is 0 Å². The Labute approximate surface area is 167 Å². The lowest BCUT2D eigenvalue weighted by Crippen LogP contribution is -2.32. The number of imidazole rings is 1. The van der Waals surface area contributed by atoms with Gasteiger partial charge in [-0.1, -0.05) is 24.3 Å². The Hall–Kier alpha value is -3.27. The molecule has 1 fully saturated rings. The number of fused-ring (bicyclic) bond motifs is 1. The van der Waals surface area contributed by atoms with Crippen molar-refractivity contribution in [1.29, 1.82) is 5.26 Å². The minimum absolute atomic E-state index is 0.0283. The fraction of sp³-hybridized carbons (Fsp3) is 0.318. The lowest BCUT2D eigenvalue weighted by molar-refractivity contribution is -0.122. The molecular formula is C22H20F2N4O. The number of nitriles is 1. The molecule has 1 saturated carbocycles. The van der Waals surface area contributed by atoms with E-state index in [2.05, 4.69) is 16.4 Å². The van der Waals surface area contributed by atoms with Crippen LogP contribution in [-0.4, -0.2) is 15.5 Å². The van der Waals surface area contributed by atoms with E-state index in [1.807, 2.05) is 31.2 Å². The lowest BCUT2D eigenvalue weighted by atomic mass is 9.65. The topological polar surface area (TPSA) is 70.7 Å². The molecule has 0 spiro atoms. The quantitative estimate of drug-likeness (QED) is 0.707. The predicted molar refractivity (Wildman–Crippen MR) is 104 cm³/mol. The van der Waals surface area contributed by atoms with E-state index in [4.69, 9.17) is 0 Å². The molecular weight excluding hydrogens is 374 g/mol. The number of aromatic nitrogens is 2. The van der Waals surface area contributed by atoms with Gasteiger partial charge in [0.2, 0.25) is 5.91 Å². The first kappa shape index (κ1) is 19.1. The molecule has 0 aliphatic heterocycles. The molecule has 1 atom stereocenters. The third-order valence-electron chi connectivity index (χ3n) is 5.75. The molecule has 1 N–H and O–H groups in total. The largest absolute Gasteiger partial charge is 0.348 e. The van der Waals surface area contributed by atoms with Gasteiger partial charge in [-0.15, -0.1) is 0 Å². The van der Waals surface area contributed by atoms with Crippen LogP contribution in [0.3, 0.4) is 0 Å². The van der Waals surface area contributed by atoms with E-state index in [0.717, 1.165) is 36.5 Å². The van der Waals surface area contributed by atoms with Gasteiger partial charge in [0.1, 0.15) is 12.1 Å². The fourth-order valence-corrected chi connectivity index (χ4v) is 3.83. The number of benzene rings is 2. The zero-order valence-electron chi connectivity index (χ0n) is 16.0. The number of nitrogens with one attached hydrogen (secondary N) is 1. The maximum absolute atomic E-state index is 14.1. The molecule has 1 aliphatic carbocycles. The van der Waals surface area contributed by atoms with Crippen molar-refractivity contribution in [2.45, 2.75) is 44.2 Å². The molecule has 0 bridgehead atoms. The summed E-state index contributed by atoms with van der Waals surface area (Å²) in [6, 6.07) is 12.3. The Balaban J connectivity index is 1.45. The first-order chi connectivity index (χ1) is 13.9. The van der Waals surface area contributed by atoms with Crippen molar-refractivity contribution in [3.63, 3.8) is 0 Å². The van der Waals surface area contributed by atoms with E-state index in [-0.39, 0.29) is 29.4 Å². The van der Waals surface area contributed by atoms with Crippen molar-refractivity contribution in [1.82, 2.24) is 14.9 Å². The lowest BCUT2D eigenvalue weighted by Gasteiger charge is -2.35. The Kier molecular flexibility index (Phi) is 4.79. The molecule has 7 heteroatoms. The van der Waals surface area contributed by atoms with Gasteiger partial charge in [0, 0.05) is 0 Å². The first-order valence-electron chi connectivity index (χ1n) is 9.53. The van der Waals surface area contributed by atoms with E-state index in [9.17, 15) is 18.8 Å². The summed E-state index contributed by atoms with van der Waals surface area (Å²) in [6.07, 6.45) is 4.15. The van der Waals surface area contributed by atoms with Gasteiger partial charge in [0.05, 0.1) is 29.4 Å². The Bertz CT molecular complexity index is 1110. The van der Waals surface area contributed by atoms with E-state index in [0.29, 0.717) is 5.52 Å². The van der Waals surface area contributed by atoms with E-state index >= 15 is 0 Å². The standard InChI is InChI=1S/C22H20F2N4O/c1-14(15-3-5-16(6-4-15)22(12-25)9-2-10-22)27-19(29)11-28-13-26-18-8-7-17(23)20(24)21(18)28/h3-8,13-14H,2,9-11H2,1H3,(H,27,29). The van der Waals surface area contributed by atoms with Crippen molar-refractivity contribution in [3.8, 4) is 6.07 Å². The Morgan fingerprint density at radius 1 is 1.28 bits per heavy atom. The summed E-state index contributed by atoms with van der Waals surface area (Å²) >= 11 is 0. The van der Waals surface area contributed by atoms with Crippen LogP contribution in [-0.2, 0) is 16.8 Å². The van der Waals surface area contributed by atoms with E-state index in [1.165, 1.54) is 17.0 Å². The highest BCUT2D eigenvalue weighted by atomic mass is 19.2. The van der Waals surface area contributed by atoms with E-state index < -0.39 is 11.6 Å². The summed E-state index contributed by atoms with van der Waals surface area (Å²) in [7, 11) is 0. The minimum Gasteiger partial charge on any atom is -0.348 e. The minimum atomic E-state index is -1.01. The molecule has 0 saturated heterocycles. The second-order valence-electron chi connectivity index (χ2n) is 7.56. The molecule has 1 aromatic heterocycles. The third-order valence-corrected chi connectivity index (χ3v) is 5.75. The number of rotatable bonds is 5. The monoisotopic (exact) mass is 394 g/mol. The van der Waals surface area contributed by atoms with Crippen molar-refractivity contribution in [2.75, 3.05) is 0 Å². The molecule has 2 aromatic carbocycles. The summed E-state index contributed by atoms with van der Waals surface area (Å²) in [5.74, 6) is -2.33. The van der Waals surface area contributed by atoms with Gasteiger partial charge in [-0.3, -0.25) is 4.79 Å². The molecule has 3 aromatic rings. The number of hydrogen-bond acceptors (Lipinski definition) is 3. The Morgan fingerprint density at radius 2 is 2.00 bits per heavy atom. The number of halogens is 2. The van der Waals surface area contributed by atoms with Crippen LogP contribution in [0.1, 0.15) is 43.4 Å². The molecule has 29 heavy (non-hydrogen) atoms. The normalized spacial score (nSPS) is 16.1. The smallest absolute Gasteiger partial charge is 0.240 e. The second kappa shape index (κ2) is 7.28. The van der Waals surface area contributed by atoms with Crippen LogP contribution in [0.2, 0.25) is 0 Å². The van der Waals surface area contributed by atoms with Crippen LogP contribution in [0, 0.1) is 23.0 Å². The first-order valence-corrected chi connectivity index (χ1v) is 9.53. The van der Waals surface area contributed by atoms with Gasteiger partial charge in [-0.25, -0.2) is 13.8 Å². The Morgan fingerprint density at radius 3 is 2.62 bits per heavy atom. The molecule has 5 nitrogen and oxygen atoms in total. The average molecular weight is 394 g/mol. The summed E-state index contributed by atoms with van der Waals surface area (Å²) in [4.78, 5) is 16.5. The molecule has 0 radical (unpaired) electrons. The third kappa shape index (κ3) is 3.35. The van der Waals surface area contributed by atoms with Crippen LogP contribution in [0.5, 0.6) is 0 Å². The van der Waals surface area contributed by atoms with Gasteiger partial charge in [-0.2, -0.15) is 5.26 Å². The molecule has 1 unspecified atom stereocenters. The number of amides is 1. The predicted octanol–water partition coefficient (Wildman–Crippen LogP) is 4.14. The van der Waals surface area contributed by atoms with Crippen LogP contribution in [0.15, 0.2) is 42.7 Å². The number of hydrogen-bond donors (Lipinski definition) is 1. The molecule has 1 aliphatic rings. The zero-order valence-corrected chi connectivity index (χ0v) is 16.0. The number of nitrogens with zero attached hydrogens (tertiary/aromatic N) is 3. The highest BCUT2D eigenvalue weighted by molar-refractivity contribution is 5.81. The van der Waals surface area contributed by atoms with Gasteiger partial charge in [0.25, 0.3) is 0 Å². The fourth-order valence-electron chi connectivity index (χ4n) is 3.83. The summed E-state index contributed by atoms with van der Waals surface area (Å²) in [5, 5.41) is 12.3. The molecule has 1 amide bonds. The van der Waals surface area contributed by atoms with Crippen molar-refractivity contribution < 1.29 is 13.6 Å². The van der Waals surface area contributed by atoms with Crippen molar-refractivity contribution in [3.05, 3.63) is 65.5 Å². The summed E-state index contributed by atoms with van der Waals surface area (Å²) in [6.45, 7) is 1.68. The average Bonchev–Trinajstić information content (AvgIpc) is 3.08. The SMILES string of the molecule is CC(NC(=O)Cn1cnc2ccc(F)c(F)c21)c1ccc(C2(C#N)CCC2)cc1. The van der Waals surface area contributed by atoms with Crippen LogP contribution < -0.4 is 5.32 Å². The van der Waals surface area contributed by atoms with Gasteiger partial charge in [0.15, 0.2) is 11.6 Å². The van der Waals surface area contributed by atoms with Gasteiger partial charge >= 0.3 is 0 Å². The maximum atomic E-state index is 14.1. The highest BCUT2D eigenvalue weighted by Gasteiger charge is 2.38. The second-order valence-corrected chi connectivity index (χ2v) is 7.56. The van der Waals surface area contributed by atoms with Gasteiger partial charge < -0.3 is 9.88 Å². The van der Waals surface area contributed by atoms with E-state index in [1.54, 1.807) is 0 Å². The van der Waals surface area contributed by atoms with Gasteiger partial charge in [-0.05, 0) is 49.4 Å². The van der Waals surface area contributed by atoms with Crippen LogP contribution in [0.25, 0.3) is 11.0 Å². The van der Waals surface area contributed by atoms with Crippen LogP contribution >= 0.6 is 0 Å². The molecule has 1 heterocycles.